The molecule has 1 saturated carbocycles. The lowest BCUT2D eigenvalue weighted by Crippen LogP contribution is -2.49. The van der Waals surface area contributed by atoms with E-state index in [2.05, 4.69) is 0 Å². The smallest absolute Gasteiger partial charge is 0.338 e. The highest BCUT2D eigenvalue weighted by Gasteiger charge is 2.47. The second kappa shape index (κ2) is 9.36. The maximum atomic E-state index is 13.1. The van der Waals surface area contributed by atoms with E-state index in [0.29, 0.717) is 11.3 Å². The number of esters is 1. The van der Waals surface area contributed by atoms with Crippen LogP contribution in [0.1, 0.15) is 36.5 Å². The van der Waals surface area contributed by atoms with Gasteiger partial charge in [-0.05, 0) is 44.0 Å². The normalized spacial score (nSPS) is 18.8. The number of anilines is 1. The molecular weight excluding hydrogens is 392 g/mol. The van der Waals surface area contributed by atoms with Crippen molar-refractivity contribution in [2.75, 3.05) is 32.3 Å². The Morgan fingerprint density at radius 2 is 1.77 bits per heavy atom. The first-order valence-electron chi connectivity index (χ1n) is 9.91. The van der Waals surface area contributed by atoms with Gasteiger partial charge in [0, 0.05) is 20.1 Å². The summed E-state index contributed by atoms with van der Waals surface area (Å²) in [6.07, 6.45) is 0.729. The van der Waals surface area contributed by atoms with Crippen molar-refractivity contribution in [2.24, 2.45) is 5.92 Å². The molecule has 2 aliphatic rings. The van der Waals surface area contributed by atoms with Crippen LogP contribution in [0.3, 0.4) is 0 Å². The number of imide groups is 1. The largest absolute Gasteiger partial charge is 0.462 e. The Balaban J connectivity index is 1.81. The number of rotatable bonds is 9. The minimum atomic E-state index is -0.914. The number of carbonyl (C=O) groups excluding carboxylic acids is 4. The molecule has 0 aromatic heterocycles. The molecule has 1 unspecified atom stereocenters. The van der Waals surface area contributed by atoms with Gasteiger partial charge in [0.2, 0.25) is 11.8 Å². The van der Waals surface area contributed by atoms with Crippen LogP contribution in [0, 0.1) is 5.92 Å². The molecule has 3 amide bonds. The molecule has 9 nitrogen and oxygen atoms in total. The van der Waals surface area contributed by atoms with E-state index in [0.717, 1.165) is 17.7 Å². The number of ether oxygens (including phenoxy) is 3. The summed E-state index contributed by atoms with van der Waals surface area (Å²) in [5, 5.41) is 0. The predicted octanol–water partition coefficient (Wildman–Crippen LogP) is 1.35. The molecule has 1 aromatic rings. The Morgan fingerprint density at radius 3 is 2.30 bits per heavy atom. The summed E-state index contributed by atoms with van der Waals surface area (Å²) in [5.41, 5.74) is 0.666. The standard InChI is InChI=1S/C21H26N2O7/c1-4-30-21(27)14-7-9-15(10-8-14)23-17(24)11-16(20(23)26)22(12-18(28-2)29-3)19(25)13-5-6-13/h7-10,13,16,18H,4-6,11-12H2,1-3H3. The molecular formula is C21H26N2O7. The number of amides is 3. The second-order valence-electron chi connectivity index (χ2n) is 7.22. The van der Waals surface area contributed by atoms with E-state index in [1.807, 2.05) is 0 Å². The lowest BCUT2D eigenvalue weighted by molar-refractivity contribution is -0.153. The quantitative estimate of drug-likeness (QED) is 0.339. The van der Waals surface area contributed by atoms with E-state index < -0.39 is 30.1 Å². The lowest BCUT2D eigenvalue weighted by Gasteiger charge is -2.30. The van der Waals surface area contributed by atoms with E-state index in [-0.39, 0.29) is 31.4 Å². The molecule has 1 atom stereocenters. The topological polar surface area (TPSA) is 102 Å². The third kappa shape index (κ3) is 4.52. The van der Waals surface area contributed by atoms with Crippen molar-refractivity contribution in [3.05, 3.63) is 29.8 Å². The van der Waals surface area contributed by atoms with Crippen molar-refractivity contribution in [3.8, 4) is 0 Å². The Labute approximate surface area is 174 Å². The zero-order chi connectivity index (χ0) is 21.8. The van der Waals surface area contributed by atoms with Crippen LogP contribution < -0.4 is 4.90 Å². The maximum Gasteiger partial charge on any atom is 0.338 e. The van der Waals surface area contributed by atoms with Crippen molar-refractivity contribution in [2.45, 2.75) is 38.5 Å². The monoisotopic (exact) mass is 418 g/mol. The van der Waals surface area contributed by atoms with Crippen LogP contribution in [0.4, 0.5) is 5.69 Å². The predicted molar refractivity (Wildman–Crippen MR) is 106 cm³/mol. The van der Waals surface area contributed by atoms with Crippen LogP contribution >= 0.6 is 0 Å². The molecule has 0 spiro atoms. The zero-order valence-corrected chi connectivity index (χ0v) is 17.3. The average molecular weight is 418 g/mol. The van der Waals surface area contributed by atoms with Gasteiger partial charge >= 0.3 is 5.97 Å². The van der Waals surface area contributed by atoms with Crippen molar-refractivity contribution in [1.29, 1.82) is 0 Å². The Hall–Kier alpha value is -2.78. The SMILES string of the molecule is CCOC(=O)c1ccc(N2C(=O)CC(N(CC(OC)OC)C(=O)C3CC3)C2=O)cc1. The summed E-state index contributed by atoms with van der Waals surface area (Å²) in [4.78, 5) is 52.9. The molecule has 1 aromatic carbocycles. The molecule has 1 aliphatic carbocycles. The molecule has 0 bridgehead atoms. The van der Waals surface area contributed by atoms with Gasteiger partial charge in [-0.3, -0.25) is 14.4 Å². The molecule has 162 valence electrons. The van der Waals surface area contributed by atoms with E-state index >= 15 is 0 Å². The molecule has 9 heteroatoms. The molecule has 2 fully saturated rings. The van der Waals surface area contributed by atoms with Gasteiger partial charge in [0.15, 0.2) is 6.29 Å². The summed E-state index contributed by atoms with van der Waals surface area (Å²) in [6.45, 7) is 2.02. The average Bonchev–Trinajstić information content (AvgIpc) is 3.55. The second-order valence-corrected chi connectivity index (χ2v) is 7.22. The van der Waals surface area contributed by atoms with Gasteiger partial charge in [-0.15, -0.1) is 0 Å². The van der Waals surface area contributed by atoms with Crippen LogP contribution in [0.2, 0.25) is 0 Å². The summed E-state index contributed by atoms with van der Waals surface area (Å²) < 4.78 is 15.3. The van der Waals surface area contributed by atoms with Gasteiger partial charge < -0.3 is 19.1 Å². The number of hydrogen-bond donors (Lipinski definition) is 0. The molecule has 1 aliphatic heterocycles. The van der Waals surface area contributed by atoms with Crippen LogP contribution in [0.5, 0.6) is 0 Å². The van der Waals surface area contributed by atoms with Gasteiger partial charge in [-0.1, -0.05) is 0 Å². The first-order chi connectivity index (χ1) is 14.4. The van der Waals surface area contributed by atoms with Crippen molar-refractivity contribution >= 4 is 29.4 Å². The highest BCUT2D eigenvalue weighted by atomic mass is 16.7. The first kappa shape index (κ1) is 21.9. The zero-order valence-electron chi connectivity index (χ0n) is 17.3. The molecule has 30 heavy (non-hydrogen) atoms. The fourth-order valence-electron chi connectivity index (χ4n) is 3.43. The van der Waals surface area contributed by atoms with Crippen molar-refractivity contribution in [3.63, 3.8) is 0 Å². The van der Waals surface area contributed by atoms with Crippen LogP contribution in [-0.4, -0.2) is 68.3 Å². The summed E-state index contributed by atoms with van der Waals surface area (Å²) in [6, 6.07) is 5.12. The molecule has 3 rings (SSSR count). The number of hydrogen-bond acceptors (Lipinski definition) is 7. The summed E-state index contributed by atoms with van der Waals surface area (Å²) in [5.74, 6) is -1.66. The minimum Gasteiger partial charge on any atom is -0.462 e. The molecule has 1 heterocycles. The molecule has 1 saturated heterocycles. The Morgan fingerprint density at radius 1 is 1.13 bits per heavy atom. The highest BCUT2D eigenvalue weighted by molar-refractivity contribution is 6.23. The molecule has 0 N–H and O–H groups in total. The van der Waals surface area contributed by atoms with E-state index in [1.54, 1.807) is 6.92 Å². The van der Waals surface area contributed by atoms with Gasteiger partial charge in [0.1, 0.15) is 6.04 Å². The fourth-order valence-corrected chi connectivity index (χ4v) is 3.43. The van der Waals surface area contributed by atoms with Gasteiger partial charge in [0.25, 0.3) is 5.91 Å². The van der Waals surface area contributed by atoms with Crippen LogP contribution in [0.15, 0.2) is 24.3 Å². The van der Waals surface area contributed by atoms with Gasteiger partial charge in [-0.2, -0.15) is 0 Å². The van der Waals surface area contributed by atoms with Crippen LogP contribution in [-0.2, 0) is 28.6 Å². The van der Waals surface area contributed by atoms with E-state index in [1.165, 1.54) is 43.4 Å². The lowest BCUT2D eigenvalue weighted by atomic mass is 10.1. The van der Waals surface area contributed by atoms with Gasteiger partial charge in [0.05, 0.1) is 30.8 Å². The Kier molecular flexibility index (Phi) is 6.84. The van der Waals surface area contributed by atoms with Crippen molar-refractivity contribution < 1.29 is 33.4 Å². The first-order valence-corrected chi connectivity index (χ1v) is 9.91. The summed E-state index contributed by atoms with van der Waals surface area (Å²) >= 11 is 0. The minimum absolute atomic E-state index is 0.0572. The molecule has 0 radical (unpaired) electrons. The number of carbonyl (C=O) groups is 4. The fraction of sp³-hybridized carbons (Fsp3) is 0.524. The third-order valence-corrected chi connectivity index (χ3v) is 5.22. The number of nitrogens with zero attached hydrogens (tertiary/aromatic N) is 2. The van der Waals surface area contributed by atoms with Crippen LogP contribution in [0.25, 0.3) is 0 Å². The highest BCUT2D eigenvalue weighted by Crippen LogP contribution is 2.34. The van der Waals surface area contributed by atoms with Gasteiger partial charge in [-0.25, -0.2) is 9.69 Å². The number of benzene rings is 1. The Bertz CT molecular complexity index is 815. The van der Waals surface area contributed by atoms with Crippen molar-refractivity contribution in [1.82, 2.24) is 4.90 Å². The maximum absolute atomic E-state index is 13.1. The van der Waals surface area contributed by atoms with E-state index in [9.17, 15) is 19.2 Å². The number of methoxy groups -OCH3 is 2. The third-order valence-electron chi connectivity index (χ3n) is 5.22. The van der Waals surface area contributed by atoms with E-state index in [4.69, 9.17) is 14.2 Å². The summed E-state index contributed by atoms with van der Waals surface area (Å²) in [7, 11) is 2.90.